The third-order valence-electron chi connectivity index (χ3n) is 6.90. The van der Waals surface area contributed by atoms with Gasteiger partial charge < -0.3 is 80.3 Å². The Hall–Kier alpha value is -1.62. The fourth-order valence-corrected chi connectivity index (χ4v) is 4.86. The number of hydrogen-bond donors (Lipinski definition) is 11. The third kappa shape index (κ3) is 7.05. The summed E-state index contributed by atoms with van der Waals surface area (Å²) in [6, 6.07) is -2.80. The molecule has 3 rings (SSSR count). The minimum absolute atomic E-state index is 0.641. The first kappa shape index (κ1) is 32.9. The molecule has 0 aromatic rings. The molecule has 18 nitrogen and oxygen atoms in total. The minimum atomic E-state index is -1.95. The molecule has 1 unspecified atom stereocenters. The second-order valence-electron chi connectivity index (χ2n) is 9.81. The van der Waals surface area contributed by atoms with Gasteiger partial charge in [-0.25, -0.2) is 0 Å². The lowest BCUT2D eigenvalue weighted by Gasteiger charge is -2.49. The van der Waals surface area contributed by atoms with Crippen molar-refractivity contribution < 1.29 is 79.2 Å². The number of hydrogen-bond acceptors (Lipinski definition) is 16. The number of nitrogens with one attached hydrogen (secondary N) is 2. The van der Waals surface area contributed by atoms with Crippen LogP contribution in [0.15, 0.2) is 0 Å². The molecule has 3 heterocycles. The van der Waals surface area contributed by atoms with Gasteiger partial charge in [0.15, 0.2) is 18.9 Å². The molecular formula is C22H38N2O16. The molecule has 18 heteroatoms. The molecule has 0 aromatic heterocycles. The van der Waals surface area contributed by atoms with Crippen LogP contribution < -0.4 is 10.6 Å². The number of carbonyl (C=O) groups excluding carboxylic acids is 2. The van der Waals surface area contributed by atoms with E-state index in [4.69, 9.17) is 23.7 Å². The van der Waals surface area contributed by atoms with E-state index < -0.39 is 124 Å². The number of aliphatic hydroxyl groups excluding tert-OH is 9. The molecule has 3 aliphatic heterocycles. The van der Waals surface area contributed by atoms with Crippen molar-refractivity contribution >= 4 is 11.8 Å². The van der Waals surface area contributed by atoms with Crippen LogP contribution in [0.1, 0.15) is 13.8 Å². The fraction of sp³-hybridized carbons (Fsp3) is 0.909. The van der Waals surface area contributed by atoms with E-state index in [1.807, 2.05) is 0 Å². The lowest BCUT2D eigenvalue weighted by Crippen LogP contribution is -2.69. The highest BCUT2D eigenvalue weighted by Crippen LogP contribution is 2.32. The van der Waals surface area contributed by atoms with Crippen LogP contribution in [-0.2, 0) is 33.3 Å². The zero-order valence-electron chi connectivity index (χ0n) is 21.7. The van der Waals surface area contributed by atoms with Crippen LogP contribution in [0.5, 0.6) is 0 Å². The first-order valence-electron chi connectivity index (χ1n) is 12.6. The standard InChI is InChI=1S/C22H38N2O16/c1-6(28)23-11-15(32)13(30)8(3-25)37-21(11)39-18-10(5-27)38-22(17(34)16(18)33)40-19-12(24-7(2)29)20(35)36-9(4-26)14(19)31/h8-22,25-27,30-35H,3-5H2,1-2H3,(H,23,28)(H,24,29)/t8-,9-,10-,11-,12-,13+,14+,15-,16-,17-,18+,19-,20?,21-,22+/m1/s1. The average molecular weight is 587 g/mol. The molecule has 0 radical (unpaired) electrons. The van der Waals surface area contributed by atoms with Gasteiger partial charge in [0.2, 0.25) is 11.8 Å². The van der Waals surface area contributed by atoms with Crippen molar-refractivity contribution in [3.05, 3.63) is 0 Å². The van der Waals surface area contributed by atoms with Gasteiger partial charge in [-0.15, -0.1) is 0 Å². The van der Waals surface area contributed by atoms with E-state index in [0.29, 0.717) is 0 Å². The summed E-state index contributed by atoms with van der Waals surface area (Å²) in [4.78, 5) is 23.3. The molecule has 0 spiro atoms. The van der Waals surface area contributed by atoms with Gasteiger partial charge in [-0.3, -0.25) is 9.59 Å². The molecule has 3 aliphatic rings. The summed E-state index contributed by atoms with van der Waals surface area (Å²) in [5.41, 5.74) is 0. The Morgan fingerprint density at radius 3 is 1.65 bits per heavy atom. The van der Waals surface area contributed by atoms with Crippen LogP contribution in [-0.4, -0.2) is 170 Å². The Labute approximate surface area is 228 Å². The minimum Gasteiger partial charge on any atom is -0.394 e. The molecule has 232 valence electrons. The molecular weight excluding hydrogens is 548 g/mol. The maximum absolute atomic E-state index is 11.7. The van der Waals surface area contributed by atoms with Gasteiger partial charge in [0, 0.05) is 13.8 Å². The number of rotatable bonds is 9. The highest BCUT2D eigenvalue weighted by Gasteiger charge is 2.54. The average Bonchev–Trinajstić information content (AvgIpc) is 2.90. The molecule has 0 saturated carbocycles. The van der Waals surface area contributed by atoms with Crippen LogP contribution in [0, 0.1) is 0 Å². The molecule has 3 saturated heterocycles. The van der Waals surface area contributed by atoms with E-state index in [9.17, 15) is 55.5 Å². The van der Waals surface area contributed by atoms with E-state index in [-0.39, 0.29) is 0 Å². The van der Waals surface area contributed by atoms with E-state index >= 15 is 0 Å². The first-order chi connectivity index (χ1) is 18.8. The van der Waals surface area contributed by atoms with Crippen molar-refractivity contribution in [3.8, 4) is 0 Å². The van der Waals surface area contributed by atoms with Crippen molar-refractivity contribution in [1.82, 2.24) is 10.6 Å². The zero-order valence-corrected chi connectivity index (χ0v) is 21.7. The first-order valence-corrected chi connectivity index (χ1v) is 12.6. The van der Waals surface area contributed by atoms with Gasteiger partial charge in [-0.2, -0.15) is 0 Å². The third-order valence-corrected chi connectivity index (χ3v) is 6.90. The van der Waals surface area contributed by atoms with E-state index in [2.05, 4.69) is 10.6 Å². The van der Waals surface area contributed by atoms with Crippen molar-refractivity contribution in [2.45, 2.75) is 106 Å². The van der Waals surface area contributed by atoms with Gasteiger partial charge >= 0.3 is 0 Å². The van der Waals surface area contributed by atoms with Crippen LogP contribution in [0.2, 0.25) is 0 Å². The summed E-state index contributed by atoms with van der Waals surface area (Å²) >= 11 is 0. The second-order valence-corrected chi connectivity index (χ2v) is 9.81. The second kappa shape index (κ2) is 14.0. The molecule has 15 atom stereocenters. The molecule has 40 heavy (non-hydrogen) atoms. The van der Waals surface area contributed by atoms with Gasteiger partial charge in [-0.1, -0.05) is 0 Å². The van der Waals surface area contributed by atoms with Gasteiger partial charge in [0.1, 0.15) is 73.1 Å². The van der Waals surface area contributed by atoms with Crippen molar-refractivity contribution in [2.24, 2.45) is 0 Å². The lowest BCUT2D eigenvalue weighted by atomic mass is 9.94. The number of ether oxygens (including phenoxy) is 5. The monoisotopic (exact) mass is 586 g/mol. The number of carbonyl (C=O) groups is 2. The molecule has 3 fully saturated rings. The van der Waals surface area contributed by atoms with Gasteiger partial charge in [0.25, 0.3) is 0 Å². The number of aliphatic hydroxyl groups is 9. The zero-order chi connectivity index (χ0) is 29.9. The smallest absolute Gasteiger partial charge is 0.217 e. The SMILES string of the molecule is CC(=O)N[C@H]1[C@@H](O[C@@H]2[C@H](O)[C@@H](O)[C@H](O[C@H]3[C@@H](O)[C@@H](CO)OC(O)[C@@H]3NC(C)=O)O[C@@H]2CO)O[C@H](CO)[C@H](O)[C@@H]1O. The Morgan fingerprint density at radius 1 is 0.600 bits per heavy atom. The van der Waals surface area contributed by atoms with Gasteiger partial charge in [-0.05, 0) is 0 Å². The van der Waals surface area contributed by atoms with Crippen molar-refractivity contribution in [2.75, 3.05) is 19.8 Å². The summed E-state index contributed by atoms with van der Waals surface area (Å²) in [6.45, 7) is -0.101. The largest absolute Gasteiger partial charge is 0.394 e. The summed E-state index contributed by atoms with van der Waals surface area (Å²) in [5.74, 6) is -1.28. The quantitative estimate of drug-likeness (QED) is 0.120. The molecule has 0 aliphatic carbocycles. The summed E-state index contributed by atoms with van der Waals surface area (Å²) in [7, 11) is 0. The lowest BCUT2D eigenvalue weighted by molar-refractivity contribution is -0.364. The van der Waals surface area contributed by atoms with Gasteiger partial charge in [0.05, 0.1) is 19.8 Å². The molecule has 0 aromatic carbocycles. The molecule has 0 bridgehead atoms. The normalized spacial score (nSPS) is 46.0. The Kier molecular flexibility index (Phi) is 11.5. The van der Waals surface area contributed by atoms with E-state index in [1.165, 1.54) is 0 Å². The van der Waals surface area contributed by atoms with Crippen molar-refractivity contribution in [1.29, 1.82) is 0 Å². The van der Waals surface area contributed by atoms with E-state index in [0.717, 1.165) is 13.8 Å². The highest BCUT2D eigenvalue weighted by atomic mass is 16.7. The Morgan fingerprint density at radius 2 is 1.10 bits per heavy atom. The maximum atomic E-state index is 11.7. The summed E-state index contributed by atoms with van der Waals surface area (Å²) < 4.78 is 27.5. The maximum Gasteiger partial charge on any atom is 0.217 e. The van der Waals surface area contributed by atoms with Crippen LogP contribution in [0.3, 0.4) is 0 Å². The molecule has 2 amide bonds. The van der Waals surface area contributed by atoms with Crippen molar-refractivity contribution in [3.63, 3.8) is 0 Å². The summed E-state index contributed by atoms with van der Waals surface area (Å²) in [6.07, 6.45) is -21.2. The topological polar surface area (TPSA) is 286 Å². The number of amides is 2. The van der Waals surface area contributed by atoms with Crippen LogP contribution in [0.4, 0.5) is 0 Å². The van der Waals surface area contributed by atoms with Crippen LogP contribution in [0.25, 0.3) is 0 Å². The fourth-order valence-electron chi connectivity index (χ4n) is 4.86. The molecule has 11 N–H and O–H groups in total. The predicted molar refractivity (Wildman–Crippen MR) is 124 cm³/mol. The predicted octanol–water partition coefficient (Wildman–Crippen LogP) is -7.29. The Bertz CT molecular complexity index is 852. The summed E-state index contributed by atoms with van der Waals surface area (Å²) in [5, 5.41) is 96.9. The van der Waals surface area contributed by atoms with E-state index in [1.54, 1.807) is 0 Å². The highest BCUT2D eigenvalue weighted by molar-refractivity contribution is 5.73. The Balaban J connectivity index is 1.81. The van der Waals surface area contributed by atoms with Crippen LogP contribution >= 0.6 is 0 Å².